The molecule has 1 aromatic heterocycles. The molecular formula is C11H19BrN2O3. The van der Waals surface area contributed by atoms with E-state index in [0.29, 0.717) is 33.0 Å². The van der Waals surface area contributed by atoms with E-state index < -0.39 is 0 Å². The fourth-order valence-corrected chi connectivity index (χ4v) is 1.82. The average Bonchev–Trinajstić information content (AvgIpc) is 2.54. The molecule has 0 radical (unpaired) electrons. The lowest BCUT2D eigenvalue weighted by Crippen LogP contribution is -2.09. The lowest BCUT2D eigenvalue weighted by atomic mass is 10.4. The molecule has 0 aliphatic heterocycles. The van der Waals surface area contributed by atoms with Crippen molar-refractivity contribution in [1.29, 1.82) is 0 Å². The van der Waals surface area contributed by atoms with Crippen molar-refractivity contribution in [2.24, 2.45) is 7.05 Å². The molecule has 0 amide bonds. The summed E-state index contributed by atoms with van der Waals surface area (Å²) in [5.41, 5.74) is 2.02. The van der Waals surface area contributed by atoms with E-state index in [0.717, 1.165) is 15.9 Å². The number of rotatable bonds is 8. The largest absolute Gasteiger partial charge is 0.382 e. The Kier molecular flexibility index (Phi) is 6.72. The maximum Gasteiger partial charge on any atom is 0.0897 e. The van der Waals surface area contributed by atoms with E-state index in [9.17, 15) is 0 Å². The van der Waals surface area contributed by atoms with Crippen molar-refractivity contribution in [3.05, 3.63) is 15.9 Å². The number of hydrogen-bond acceptors (Lipinski definition) is 4. The second-order valence-corrected chi connectivity index (χ2v) is 4.42. The van der Waals surface area contributed by atoms with Crippen molar-refractivity contribution in [1.82, 2.24) is 9.78 Å². The predicted molar refractivity (Wildman–Crippen MR) is 68.0 cm³/mol. The van der Waals surface area contributed by atoms with Gasteiger partial charge in [0, 0.05) is 14.2 Å². The van der Waals surface area contributed by atoms with Crippen LogP contribution in [-0.4, -0.2) is 43.3 Å². The van der Waals surface area contributed by atoms with Crippen molar-refractivity contribution in [2.45, 2.75) is 13.5 Å². The number of halogens is 1. The zero-order valence-corrected chi connectivity index (χ0v) is 12.1. The molecule has 0 aliphatic rings. The van der Waals surface area contributed by atoms with Gasteiger partial charge >= 0.3 is 0 Å². The molecule has 0 saturated heterocycles. The van der Waals surface area contributed by atoms with E-state index in [1.54, 1.807) is 7.11 Å². The molecule has 1 rings (SSSR count). The number of ether oxygens (including phenoxy) is 3. The van der Waals surface area contributed by atoms with Gasteiger partial charge in [0.15, 0.2) is 0 Å². The van der Waals surface area contributed by atoms with Gasteiger partial charge in [-0.1, -0.05) is 0 Å². The van der Waals surface area contributed by atoms with Gasteiger partial charge in [-0.3, -0.25) is 4.68 Å². The van der Waals surface area contributed by atoms with E-state index in [4.69, 9.17) is 14.2 Å². The van der Waals surface area contributed by atoms with Gasteiger partial charge in [0.25, 0.3) is 0 Å². The van der Waals surface area contributed by atoms with Crippen LogP contribution in [0, 0.1) is 6.92 Å². The van der Waals surface area contributed by atoms with Crippen LogP contribution >= 0.6 is 15.9 Å². The fourth-order valence-electron chi connectivity index (χ4n) is 1.37. The molecule has 17 heavy (non-hydrogen) atoms. The predicted octanol–water partition coefficient (Wildman–Crippen LogP) is 1.67. The second kappa shape index (κ2) is 7.81. The third kappa shape index (κ3) is 4.75. The van der Waals surface area contributed by atoms with E-state index in [1.807, 2.05) is 18.7 Å². The van der Waals surface area contributed by atoms with Crippen LogP contribution in [-0.2, 0) is 27.9 Å². The maximum absolute atomic E-state index is 5.52. The molecule has 1 heterocycles. The Morgan fingerprint density at radius 2 is 1.82 bits per heavy atom. The maximum atomic E-state index is 5.52. The van der Waals surface area contributed by atoms with Gasteiger partial charge in [-0.15, -0.1) is 0 Å². The summed E-state index contributed by atoms with van der Waals surface area (Å²) < 4.78 is 18.5. The van der Waals surface area contributed by atoms with Crippen LogP contribution in [0.5, 0.6) is 0 Å². The Morgan fingerprint density at radius 3 is 2.41 bits per heavy atom. The summed E-state index contributed by atoms with van der Waals surface area (Å²) in [6.45, 7) is 4.87. The molecule has 0 aromatic carbocycles. The highest BCUT2D eigenvalue weighted by Crippen LogP contribution is 2.20. The number of methoxy groups -OCH3 is 1. The number of aromatic nitrogens is 2. The minimum Gasteiger partial charge on any atom is -0.382 e. The highest BCUT2D eigenvalue weighted by atomic mass is 79.9. The molecule has 0 spiro atoms. The smallest absolute Gasteiger partial charge is 0.0897 e. The Hall–Kier alpha value is -0.430. The van der Waals surface area contributed by atoms with Gasteiger partial charge in [0.1, 0.15) is 0 Å². The normalized spacial score (nSPS) is 11.1. The van der Waals surface area contributed by atoms with Crippen LogP contribution in [0.15, 0.2) is 4.47 Å². The van der Waals surface area contributed by atoms with Gasteiger partial charge in [-0.05, 0) is 22.9 Å². The number of aryl methyl sites for hydroxylation is 2. The van der Waals surface area contributed by atoms with Crippen molar-refractivity contribution in [3.63, 3.8) is 0 Å². The molecule has 0 N–H and O–H groups in total. The highest BCUT2D eigenvalue weighted by molar-refractivity contribution is 9.10. The third-order valence-electron chi connectivity index (χ3n) is 2.30. The molecule has 0 aliphatic carbocycles. The van der Waals surface area contributed by atoms with Crippen molar-refractivity contribution < 1.29 is 14.2 Å². The summed E-state index contributed by atoms with van der Waals surface area (Å²) in [6, 6.07) is 0. The summed E-state index contributed by atoms with van der Waals surface area (Å²) in [5, 5.41) is 4.29. The quantitative estimate of drug-likeness (QED) is 0.685. The summed E-state index contributed by atoms with van der Waals surface area (Å²) in [6.07, 6.45) is 0. The first-order valence-corrected chi connectivity index (χ1v) is 6.28. The zero-order valence-electron chi connectivity index (χ0n) is 10.5. The molecular weight excluding hydrogens is 288 g/mol. The molecule has 1 aromatic rings. The number of hydrogen-bond donors (Lipinski definition) is 0. The van der Waals surface area contributed by atoms with Gasteiger partial charge in [-0.2, -0.15) is 5.10 Å². The first-order chi connectivity index (χ1) is 8.16. The monoisotopic (exact) mass is 306 g/mol. The lowest BCUT2D eigenvalue weighted by molar-refractivity contribution is 0.0185. The SMILES string of the molecule is COCCOCCOCc1c(Br)c(C)nn1C. The van der Waals surface area contributed by atoms with Crippen molar-refractivity contribution in [3.8, 4) is 0 Å². The summed E-state index contributed by atoms with van der Waals surface area (Å²) in [7, 11) is 3.56. The summed E-state index contributed by atoms with van der Waals surface area (Å²) >= 11 is 3.49. The first kappa shape index (κ1) is 14.6. The van der Waals surface area contributed by atoms with E-state index in [-0.39, 0.29) is 0 Å². The molecule has 6 heteroatoms. The molecule has 98 valence electrons. The molecule has 0 atom stereocenters. The molecule has 5 nitrogen and oxygen atoms in total. The van der Waals surface area contributed by atoms with E-state index in [2.05, 4.69) is 21.0 Å². The molecule has 0 saturated carbocycles. The Bertz CT molecular complexity index is 342. The fraction of sp³-hybridized carbons (Fsp3) is 0.727. The Balaban J connectivity index is 2.18. The minimum absolute atomic E-state index is 0.533. The lowest BCUT2D eigenvalue weighted by Gasteiger charge is -2.06. The van der Waals surface area contributed by atoms with Crippen LogP contribution in [0.3, 0.4) is 0 Å². The second-order valence-electron chi connectivity index (χ2n) is 3.63. The third-order valence-corrected chi connectivity index (χ3v) is 3.34. The van der Waals surface area contributed by atoms with Crippen LogP contribution in [0.1, 0.15) is 11.4 Å². The average molecular weight is 307 g/mol. The standard InChI is InChI=1S/C11H19BrN2O3/c1-9-11(12)10(14(2)13-9)8-17-7-6-16-5-4-15-3/h4-8H2,1-3H3. The van der Waals surface area contributed by atoms with Gasteiger partial charge in [-0.25, -0.2) is 0 Å². The topological polar surface area (TPSA) is 45.5 Å². The van der Waals surface area contributed by atoms with Gasteiger partial charge in [0.2, 0.25) is 0 Å². The van der Waals surface area contributed by atoms with Crippen molar-refractivity contribution >= 4 is 15.9 Å². The summed E-state index contributed by atoms with van der Waals surface area (Å²) in [5.74, 6) is 0. The number of nitrogens with zero attached hydrogens (tertiary/aromatic N) is 2. The van der Waals surface area contributed by atoms with Crippen LogP contribution in [0.25, 0.3) is 0 Å². The molecule has 0 fully saturated rings. The molecule has 0 unspecified atom stereocenters. The Labute approximate surface area is 110 Å². The minimum atomic E-state index is 0.533. The summed E-state index contributed by atoms with van der Waals surface area (Å²) in [4.78, 5) is 0. The van der Waals surface area contributed by atoms with E-state index in [1.165, 1.54) is 0 Å². The van der Waals surface area contributed by atoms with Crippen LogP contribution in [0.4, 0.5) is 0 Å². The Morgan fingerprint density at radius 1 is 1.18 bits per heavy atom. The molecule has 0 bridgehead atoms. The van der Waals surface area contributed by atoms with Crippen LogP contribution in [0.2, 0.25) is 0 Å². The first-order valence-electron chi connectivity index (χ1n) is 5.49. The highest BCUT2D eigenvalue weighted by Gasteiger charge is 2.09. The van der Waals surface area contributed by atoms with Crippen LogP contribution < -0.4 is 0 Å². The van der Waals surface area contributed by atoms with Gasteiger partial charge < -0.3 is 14.2 Å². The van der Waals surface area contributed by atoms with Gasteiger partial charge in [0.05, 0.1) is 48.9 Å². The zero-order chi connectivity index (χ0) is 12.7. The van der Waals surface area contributed by atoms with Crippen molar-refractivity contribution in [2.75, 3.05) is 33.5 Å². The van der Waals surface area contributed by atoms with E-state index >= 15 is 0 Å².